The second kappa shape index (κ2) is 8.23. The molecule has 4 rings (SSSR count). The molecule has 0 amide bonds. The number of anilines is 1. The molecule has 0 saturated carbocycles. The largest absolute Gasteiger partial charge is 0.363 e. The lowest BCUT2D eigenvalue weighted by molar-refractivity contribution is 0.146. The van der Waals surface area contributed by atoms with E-state index in [1.54, 1.807) is 13.8 Å². The summed E-state index contributed by atoms with van der Waals surface area (Å²) in [4.78, 5) is 13.4. The number of aromatic nitrogens is 3. The molecular formula is C22H24F3N4OP. The van der Waals surface area contributed by atoms with Crippen LogP contribution in [0.4, 0.5) is 19.0 Å². The van der Waals surface area contributed by atoms with Gasteiger partial charge in [0.2, 0.25) is 0 Å². The van der Waals surface area contributed by atoms with E-state index < -0.39 is 31.0 Å². The minimum atomic E-state index is -2.90. The molecule has 1 N–H and O–H groups in total. The maximum absolute atomic E-state index is 14.6. The van der Waals surface area contributed by atoms with Gasteiger partial charge in [0.15, 0.2) is 5.65 Å². The van der Waals surface area contributed by atoms with Gasteiger partial charge in [0.05, 0.1) is 22.7 Å². The minimum absolute atomic E-state index is 0.117. The molecule has 9 heteroatoms. The van der Waals surface area contributed by atoms with Crippen LogP contribution >= 0.6 is 7.14 Å². The van der Waals surface area contributed by atoms with Crippen molar-refractivity contribution in [2.24, 2.45) is 0 Å². The van der Waals surface area contributed by atoms with Crippen LogP contribution in [0.15, 0.2) is 24.3 Å². The maximum Gasteiger partial charge on any atom is 0.266 e. The predicted molar refractivity (Wildman–Crippen MR) is 116 cm³/mol. The van der Waals surface area contributed by atoms with Crippen LogP contribution in [0.5, 0.6) is 0 Å². The van der Waals surface area contributed by atoms with E-state index in [0.29, 0.717) is 40.7 Å². The number of hydrogen-bond donors (Lipinski definition) is 1. The zero-order chi connectivity index (χ0) is 22.3. The molecule has 1 saturated heterocycles. The summed E-state index contributed by atoms with van der Waals surface area (Å²) >= 11 is 0. The Labute approximate surface area is 178 Å². The van der Waals surface area contributed by atoms with Crippen LogP contribution in [-0.2, 0) is 4.57 Å². The molecule has 3 aromatic rings. The van der Waals surface area contributed by atoms with E-state index in [-0.39, 0.29) is 5.56 Å². The molecule has 2 aromatic heterocycles. The van der Waals surface area contributed by atoms with Gasteiger partial charge in [0, 0.05) is 23.2 Å². The van der Waals surface area contributed by atoms with Crippen molar-refractivity contribution in [3.8, 4) is 0 Å². The van der Waals surface area contributed by atoms with Crippen LogP contribution in [0.1, 0.15) is 54.9 Å². The molecule has 0 bridgehead atoms. The Morgan fingerprint density at radius 2 is 1.74 bits per heavy atom. The summed E-state index contributed by atoms with van der Waals surface area (Å²) in [5.41, 5.74) is 0.640. The van der Waals surface area contributed by atoms with Gasteiger partial charge in [-0.15, -0.1) is 0 Å². The zero-order valence-corrected chi connectivity index (χ0v) is 18.5. The van der Waals surface area contributed by atoms with Gasteiger partial charge in [-0.3, -0.25) is 0 Å². The van der Waals surface area contributed by atoms with Gasteiger partial charge < -0.3 is 9.88 Å². The van der Waals surface area contributed by atoms with Gasteiger partial charge in [-0.2, -0.15) is 0 Å². The number of alkyl halides is 2. The van der Waals surface area contributed by atoms with Gasteiger partial charge in [0.1, 0.15) is 24.6 Å². The molecule has 1 atom stereocenters. The van der Waals surface area contributed by atoms with E-state index in [1.807, 2.05) is 13.0 Å². The van der Waals surface area contributed by atoms with Gasteiger partial charge >= 0.3 is 0 Å². The fourth-order valence-electron chi connectivity index (χ4n) is 4.21. The SMILES string of the molecule is Cc1nc(N[C@H](C)c2cccc(C(F)F)c2F)c2cc(P3(=O)CCCC3)c(C)nc2n1. The van der Waals surface area contributed by atoms with E-state index in [0.717, 1.165) is 24.2 Å². The fraction of sp³-hybridized carbons (Fsp3) is 0.409. The van der Waals surface area contributed by atoms with Crippen LogP contribution in [-0.4, -0.2) is 27.3 Å². The first-order chi connectivity index (χ1) is 14.7. The lowest BCUT2D eigenvalue weighted by Crippen LogP contribution is -2.16. The summed E-state index contributed by atoms with van der Waals surface area (Å²) in [6.07, 6.45) is 0.298. The number of rotatable bonds is 5. The van der Waals surface area contributed by atoms with E-state index in [4.69, 9.17) is 0 Å². The van der Waals surface area contributed by atoms with Gasteiger partial charge in [-0.1, -0.05) is 18.2 Å². The Hall–Kier alpha value is -2.47. The number of hydrogen-bond acceptors (Lipinski definition) is 5. The van der Waals surface area contributed by atoms with Crippen LogP contribution in [0.25, 0.3) is 11.0 Å². The summed E-state index contributed by atoms with van der Waals surface area (Å²) in [6, 6.07) is 5.17. The van der Waals surface area contributed by atoms with Crippen molar-refractivity contribution in [3.63, 3.8) is 0 Å². The average molecular weight is 448 g/mol. The number of halogens is 3. The second-order valence-electron chi connectivity index (χ2n) is 8.04. The monoisotopic (exact) mass is 448 g/mol. The molecule has 0 radical (unpaired) electrons. The molecule has 5 nitrogen and oxygen atoms in total. The fourth-order valence-corrected chi connectivity index (χ4v) is 7.38. The van der Waals surface area contributed by atoms with Gasteiger partial charge in [-0.25, -0.2) is 28.1 Å². The van der Waals surface area contributed by atoms with Crippen LogP contribution in [0.3, 0.4) is 0 Å². The molecule has 0 unspecified atom stereocenters. The van der Waals surface area contributed by atoms with Crippen LogP contribution in [0, 0.1) is 19.7 Å². The quantitative estimate of drug-likeness (QED) is 0.509. The normalized spacial score (nSPS) is 16.7. The molecule has 164 valence electrons. The molecule has 1 aliphatic rings. The van der Waals surface area contributed by atoms with E-state index in [9.17, 15) is 17.7 Å². The van der Waals surface area contributed by atoms with Crippen LogP contribution in [0.2, 0.25) is 0 Å². The third kappa shape index (κ3) is 4.05. The van der Waals surface area contributed by atoms with Crippen molar-refractivity contribution in [2.75, 3.05) is 17.6 Å². The summed E-state index contributed by atoms with van der Waals surface area (Å²) in [6.45, 7) is 5.24. The standard InChI is InChI=1S/C22H24F3N4OP/c1-12(15-7-6-8-16(19(15)23)20(24)25)26-21-17-11-18(31(30)9-4-5-10-31)13(2)27-22(17)29-14(3)28-21/h6-8,11-12,20H,4-5,9-10H2,1-3H3,(H,26,27,28,29)/t12-/m1/s1. The van der Waals surface area contributed by atoms with Crippen molar-refractivity contribution < 1.29 is 17.7 Å². The Morgan fingerprint density at radius 1 is 1.06 bits per heavy atom. The van der Waals surface area contributed by atoms with Crippen molar-refractivity contribution in [1.29, 1.82) is 0 Å². The highest BCUT2D eigenvalue weighted by atomic mass is 31.2. The highest BCUT2D eigenvalue weighted by molar-refractivity contribution is 7.72. The highest BCUT2D eigenvalue weighted by Crippen LogP contribution is 2.51. The highest BCUT2D eigenvalue weighted by Gasteiger charge is 2.32. The molecule has 31 heavy (non-hydrogen) atoms. The van der Waals surface area contributed by atoms with Gasteiger partial charge in [0.25, 0.3) is 6.43 Å². The summed E-state index contributed by atoms with van der Waals surface area (Å²) < 4.78 is 54.3. The third-order valence-corrected chi connectivity index (χ3v) is 9.21. The first-order valence-electron chi connectivity index (χ1n) is 10.3. The molecule has 0 spiro atoms. The molecule has 3 heterocycles. The maximum atomic E-state index is 14.6. The number of fused-ring (bicyclic) bond motifs is 1. The third-order valence-electron chi connectivity index (χ3n) is 5.80. The molecule has 0 aliphatic carbocycles. The first-order valence-corrected chi connectivity index (χ1v) is 12.3. The smallest absolute Gasteiger partial charge is 0.266 e. The molecular weight excluding hydrogens is 424 g/mol. The predicted octanol–water partition coefficient (Wildman–Crippen LogP) is 5.67. The van der Waals surface area contributed by atoms with Crippen molar-refractivity contribution in [3.05, 3.63) is 52.7 Å². The van der Waals surface area contributed by atoms with E-state index in [1.165, 1.54) is 12.1 Å². The van der Waals surface area contributed by atoms with E-state index >= 15 is 0 Å². The Bertz CT molecular complexity index is 1190. The Morgan fingerprint density at radius 3 is 2.42 bits per heavy atom. The summed E-state index contributed by atoms with van der Waals surface area (Å²) in [5.74, 6) is -0.0508. The van der Waals surface area contributed by atoms with E-state index in [2.05, 4.69) is 20.3 Å². The number of nitrogens with zero attached hydrogens (tertiary/aromatic N) is 3. The number of benzene rings is 1. The summed E-state index contributed by atoms with van der Waals surface area (Å²) in [7, 11) is -2.50. The Kier molecular flexibility index (Phi) is 5.77. The second-order valence-corrected chi connectivity index (χ2v) is 11.2. The number of aryl methyl sites for hydroxylation is 2. The first kappa shape index (κ1) is 21.8. The van der Waals surface area contributed by atoms with Crippen molar-refractivity contribution in [2.45, 2.75) is 46.1 Å². The number of nitrogens with one attached hydrogen (secondary N) is 1. The summed E-state index contributed by atoms with van der Waals surface area (Å²) in [5, 5.41) is 4.46. The molecule has 1 aliphatic heterocycles. The topological polar surface area (TPSA) is 67.8 Å². The van der Waals surface area contributed by atoms with Crippen LogP contribution < -0.4 is 10.6 Å². The minimum Gasteiger partial charge on any atom is -0.363 e. The van der Waals surface area contributed by atoms with Gasteiger partial charge in [-0.05, 0) is 39.7 Å². The Balaban J connectivity index is 1.79. The zero-order valence-electron chi connectivity index (χ0n) is 17.6. The van der Waals surface area contributed by atoms with Crippen molar-refractivity contribution >= 4 is 29.3 Å². The number of pyridine rings is 1. The van der Waals surface area contributed by atoms with Crippen molar-refractivity contribution in [1.82, 2.24) is 15.0 Å². The lowest BCUT2D eigenvalue weighted by atomic mass is 10.0. The lowest BCUT2D eigenvalue weighted by Gasteiger charge is -2.20. The average Bonchev–Trinajstić information content (AvgIpc) is 3.14. The molecule has 1 fully saturated rings. The molecule has 1 aromatic carbocycles.